The average Bonchev–Trinajstić information content (AvgIpc) is 3.55. The molecular formula is C29H31N7O5. The molecule has 3 aliphatic rings. The number of benzene rings is 2. The van der Waals surface area contributed by atoms with Gasteiger partial charge >= 0.3 is 0 Å². The molecule has 1 unspecified atom stereocenters. The number of methoxy groups -OCH3 is 2. The molecule has 0 radical (unpaired) electrons. The highest BCUT2D eigenvalue weighted by molar-refractivity contribution is 6.10. The van der Waals surface area contributed by atoms with Crippen LogP contribution in [0.1, 0.15) is 29.3 Å². The number of hydrogen-bond acceptors (Lipinski definition) is 10. The van der Waals surface area contributed by atoms with Crippen LogP contribution in [0.2, 0.25) is 0 Å². The number of carbonyl (C=O) groups excluding carboxylic acids is 1. The van der Waals surface area contributed by atoms with Crippen LogP contribution in [-0.4, -0.2) is 78.3 Å². The number of rotatable bonds is 8. The molecule has 2 aliphatic heterocycles. The molecule has 212 valence electrons. The number of hydrogen-bond donors (Lipinski definition) is 4. The van der Waals surface area contributed by atoms with Gasteiger partial charge in [-0.25, -0.2) is 9.97 Å². The number of aliphatic hydroxyl groups excluding tert-OH is 1. The third-order valence-corrected chi connectivity index (χ3v) is 8.29. The van der Waals surface area contributed by atoms with Crippen LogP contribution in [-0.2, 0) is 21.4 Å². The molecule has 1 spiro atoms. The number of fused-ring (bicyclic) bond motifs is 3. The molecule has 12 heteroatoms. The Labute approximate surface area is 236 Å². The van der Waals surface area contributed by atoms with Crippen LogP contribution < -0.4 is 25.0 Å². The van der Waals surface area contributed by atoms with Gasteiger partial charge in [-0.3, -0.25) is 9.89 Å². The first kappa shape index (κ1) is 25.5. The van der Waals surface area contributed by atoms with Gasteiger partial charge in [0.2, 0.25) is 11.7 Å². The van der Waals surface area contributed by atoms with Crippen molar-refractivity contribution in [3.8, 4) is 11.5 Å². The standard InChI is InChI=1S/C29H31N7O5/c1-39-17-4-6-21-19(14-17)29(28(38)30-21)15-20(29)16-3-5-18-22(13-16)34-35-25(18)33-26-24(40-2)27(32-23(31-26)7-10-37)36-8-11-41-12-9-36/h3-6,13-14,20,37H,7-12,15H2,1-2H3,(H,30,38)(H2,31,32,33,34,35)/t20?,29-/m0/s1. The average molecular weight is 558 g/mol. The fourth-order valence-corrected chi connectivity index (χ4v) is 6.12. The first-order chi connectivity index (χ1) is 20.0. The van der Waals surface area contributed by atoms with Gasteiger partial charge in [-0.2, -0.15) is 5.10 Å². The van der Waals surface area contributed by atoms with E-state index in [1.807, 2.05) is 24.3 Å². The lowest BCUT2D eigenvalue weighted by atomic mass is 9.91. The van der Waals surface area contributed by atoms with E-state index in [0.717, 1.165) is 39.9 Å². The number of ether oxygens (including phenoxy) is 3. The molecule has 7 rings (SSSR count). The zero-order valence-corrected chi connectivity index (χ0v) is 22.9. The quantitative estimate of drug-likeness (QED) is 0.255. The molecule has 12 nitrogen and oxygen atoms in total. The number of anilines is 4. The lowest BCUT2D eigenvalue weighted by Gasteiger charge is -2.29. The van der Waals surface area contributed by atoms with Gasteiger partial charge in [0.1, 0.15) is 11.6 Å². The summed E-state index contributed by atoms with van der Waals surface area (Å²) in [5.41, 5.74) is 3.17. The molecule has 4 heterocycles. The van der Waals surface area contributed by atoms with Gasteiger partial charge in [0.15, 0.2) is 17.5 Å². The van der Waals surface area contributed by atoms with Gasteiger partial charge in [0, 0.05) is 36.5 Å². The minimum atomic E-state index is -0.577. The number of nitrogens with zero attached hydrogens (tertiary/aromatic N) is 4. The molecule has 41 heavy (non-hydrogen) atoms. The summed E-state index contributed by atoms with van der Waals surface area (Å²) < 4.78 is 16.7. The maximum Gasteiger partial charge on any atom is 0.235 e. The highest BCUT2D eigenvalue weighted by atomic mass is 16.5. The molecule has 2 fully saturated rings. The Balaban J connectivity index is 1.20. The Kier molecular flexibility index (Phi) is 6.16. The van der Waals surface area contributed by atoms with Gasteiger partial charge in [0.05, 0.1) is 45.0 Å². The van der Waals surface area contributed by atoms with Gasteiger partial charge in [-0.05, 0) is 47.9 Å². The minimum absolute atomic E-state index is 0.0310. The van der Waals surface area contributed by atoms with Crippen molar-refractivity contribution < 1.29 is 24.1 Å². The number of aliphatic hydroxyl groups is 1. The summed E-state index contributed by atoms with van der Waals surface area (Å²) in [7, 11) is 3.22. The summed E-state index contributed by atoms with van der Waals surface area (Å²) in [5.74, 6) is 3.55. The van der Waals surface area contributed by atoms with Crippen molar-refractivity contribution in [3.05, 3.63) is 53.3 Å². The normalized spacial score (nSPS) is 21.2. The molecule has 4 N–H and O–H groups in total. The second kappa shape index (κ2) is 9.89. The van der Waals surface area contributed by atoms with Gasteiger partial charge in [-0.15, -0.1) is 0 Å². The monoisotopic (exact) mass is 557 g/mol. The van der Waals surface area contributed by atoms with Crippen molar-refractivity contribution in [3.63, 3.8) is 0 Å². The SMILES string of the molecule is COc1ccc2c(c1)[C@]1(CC1c1ccc3c(Nc4nc(CCO)nc(N5CCOCC5)c4OC)n[nH]c3c1)C(=O)N2. The number of carbonyl (C=O) groups is 1. The first-order valence-electron chi connectivity index (χ1n) is 13.7. The molecule has 2 aromatic heterocycles. The fourth-order valence-electron chi connectivity index (χ4n) is 6.12. The fraction of sp³-hybridized carbons (Fsp3) is 0.379. The third-order valence-electron chi connectivity index (χ3n) is 8.29. The smallest absolute Gasteiger partial charge is 0.235 e. The number of aromatic nitrogens is 4. The number of nitrogens with one attached hydrogen (secondary N) is 3. The van der Waals surface area contributed by atoms with Crippen molar-refractivity contribution in [2.45, 2.75) is 24.2 Å². The second-order valence-electron chi connectivity index (χ2n) is 10.5. The highest BCUT2D eigenvalue weighted by Crippen LogP contribution is 2.65. The maximum absolute atomic E-state index is 13.1. The van der Waals surface area contributed by atoms with E-state index in [0.29, 0.717) is 61.8 Å². The molecule has 0 bridgehead atoms. The zero-order chi connectivity index (χ0) is 28.1. The summed E-state index contributed by atoms with van der Waals surface area (Å²) in [6.45, 7) is 2.48. The second-order valence-corrected chi connectivity index (χ2v) is 10.5. The molecule has 1 saturated heterocycles. The van der Waals surface area contributed by atoms with Crippen molar-refractivity contribution in [2.75, 3.05) is 62.7 Å². The van der Waals surface area contributed by atoms with Crippen LogP contribution in [0.4, 0.5) is 23.1 Å². The summed E-state index contributed by atoms with van der Waals surface area (Å²) in [4.78, 5) is 24.5. The molecule has 1 saturated carbocycles. The van der Waals surface area contributed by atoms with Gasteiger partial charge in [-0.1, -0.05) is 6.07 Å². The first-order valence-corrected chi connectivity index (χ1v) is 13.7. The lowest BCUT2D eigenvalue weighted by molar-refractivity contribution is -0.118. The summed E-state index contributed by atoms with van der Waals surface area (Å²) in [5, 5.41) is 24.5. The minimum Gasteiger partial charge on any atom is -0.497 e. The Morgan fingerprint density at radius 1 is 1.12 bits per heavy atom. The van der Waals surface area contributed by atoms with Crippen LogP contribution in [0, 0.1) is 0 Å². The molecule has 1 aliphatic carbocycles. The number of amides is 1. The molecule has 2 aromatic carbocycles. The third kappa shape index (κ3) is 4.13. The topological polar surface area (TPSA) is 147 Å². The Bertz CT molecular complexity index is 1650. The number of aromatic amines is 1. The largest absolute Gasteiger partial charge is 0.497 e. The van der Waals surface area contributed by atoms with Crippen molar-refractivity contribution in [2.24, 2.45) is 0 Å². The van der Waals surface area contributed by atoms with Crippen molar-refractivity contribution in [1.82, 2.24) is 20.2 Å². The van der Waals surface area contributed by atoms with Crippen LogP contribution in [0.5, 0.6) is 11.5 Å². The zero-order valence-electron chi connectivity index (χ0n) is 22.9. The summed E-state index contributed by atoms with van der Waals surface area (Å²) >= 11 is 0. The van der Waals surface area contributed by atoms with E-state index in [4.69, 9.17) is 14.2 Å². The predicted molar refractivity (Wildman–Crippen MR) is 152 cm³/mol. The predicted octanol–water partition coefficient (Wildman–Crippen LogP) is 2.86. The number of morpholine rings is 1. The summed E-state index contributed by atoms with van der Waals surface area (Å²) in [6, 6.07) is 11.9. The van der Waals surface area contributed by atoms with E-state index >= 15 is 0 Å². The van der Waals surface area contributed by atoms with Crippen molar-refractivity contribution >= 4 is 40.0 Å². The van der Waals surface area contributed by atoms with Crippen LogP contribution >= 0.6 is 0 Å². The van der Waals surface area contributed by atoms with E-state index in [2.05, 4.69) is 47.8 Å². The Morgan fingerprint density at radius 3 is 2.76 bits per heavy atom. The Hall–Kier alpha value is -4.42. The van der Waals surface area contributed by atoms with E-state index < -0.39 is 5.41 Å². The van der Waals surface area contributed by atoms with Gasteiger partial charge in [0.25, 0.3) is 0 Å². The van der Waals surface area contributed by atoms with E-state index in [9.17, 15) is 9.90 Å². The molecule has 2 atom stereocenters. The van der Waals surface area contributed by atoms with Crippen molar-refractivity contribution in [1.29, 1.82) is 0 Å². The Morgan fingerprint density at radius 2 is 1.98 bits per heavy atom. The molecule has 1 amide bonds. The van der Waals surface area contributed by atoms with Crippen LogP contribution in [0.3, 0.4) is 0 Å². The molecular weight excluding hydrogens is 526 g/mol. The van der Waals surface area contributed by atoms with Crippen LogP contribution in [0.15, 0.2) is 36.4 Å². The van der Waals surface area contributed by atoms with E-state index in [1.54, 1.807) is 14.2 Å². The van der Waals surface area contributed by atoms with E-state index in [-0.39, 0.29) is 18.4 Å². The summed E-state index contributed by atoms with van der Waals surface area (Å²) in [6.07, 6.45) is 1.05. The highest BCUT2D eigenvalue weighted by Gasteiger charge is 2.65. The lowest BCUT2D eigenvalue weighted by Crippen LogP contribution is -2.37. The van der Waals surface area contributed by atoms with Crippen LogP contribution in [0.25, 0.3) is 10.9 Å². The number of H-pyrrole nitrogens is 1. The van der Waals surface area contributed by atoms with E-state index in [1.165, 1.54) is 0 Å². The molecule has 4 aromatic rings. The van der Waals surface area contributed by atoms with Gasteiger partial charge < -0.3 is 34.9 Å². The maximum atomic E-state index is 13.1.